The number of hydrogen-bond acceptors (Lipinski definition) is 3. The Kier molecular flexibility index (Phi) is 4.35. The SMILES string of the molecule is CC(C)N1CCCC2CCN(C(C)(C)C)CN2C1. The summed E-state index contributed by atoms with van der Waals surface area (Å²) in [6.45, 7) is 16.5. The highest BCUT2D eigenvalue weighted by molar-refractivity contribution is 4.87. The molecule has 2 saturated heterocycles. The quantitative estimate of drug-likeness (QED) is 0.711. The first kappa shape index (κ1) is 14.3. The third-order valence-corrected chi connectivity index (χ3v) is 4.63. The van der Waals surface area contributed by atoms with Gasteiger partial charge in [-0.3, -0.25) is 14.7 Å². The van der Waals surface area contributed by atoms with Crippen LogP contribution in [0.25, 0.3) is 0 Å². The zero-order valence-electron chi connectivity index (χ0n) is 12.9. The maximum Gasteiger partial charge on any atom is 0.0525 e. The molecule has 2 aliphatic heterocycles. The molecule has 0 spiro atoms. The molecule has 1 atom stereocenters. The van der Waals surface area contributed by atoms with E-state index in [1.165, 1.54) is 32.4 Å². The second-order valence-corrected chi connectivity index (χ2v) is 7.30. The minimum absolute atomic E-state index is 0.305. The lowest BCUT2D eigenvalue weighted by Crippen LogP contribution is -2.57. The molecule has 3 heteroatoms. The van der Waals surface area contributed by atoms with Crippen molar-refractivity contribution in [2.45, 2.75) is 71.5 Å². The number of rotatable bonds is 1. The molecule has 106 valence electrons. The Balaban J connectivity index is 2.02. The van der Waals surface area contributed by atoms with Gasteiger partial charge in [0, 0.05) is 24.2 Å². The Labute approximate surface area is 113 Å². The smallest absolute Gasteiger partial charge is 0.0525 e. The Morgan fingerprint density at radius 2 is 1.72 bits per heavy atom. The lowest BCUT2D eigenvalue weighted by Gasteiger charge is -2.47. The molecule has 0 amide bonds. The highest BCUT2D eigenvalue weighted by Gasteiger charge is 2.34. The van der Waals surface area contributed by atoms with Gasteiger partial charge in [0.05, 0.1) is 13.3 Å². The first-order valence-electron chi connectivity index (χ1n) is 7.61. The maximum atomic E-state index is 2.71. The average molecular weight is 253 g/mol. The summed E-state index contributed by atoms with van der Waals surface area (Å²) in [7, 11) is 0. The second-order valence-electron chi connectivity index (χ2n) is 7.30. The third-order valence-electron chi connectivity index (χ3n) is 4.63. The van der Waals surface area contributed by atoms with E-state index in [0.717, 1.165) is 19.4 Å². The van der Waals surface area contributed by atoms with E-state index in [1.807, 2.05) is 0 Å². The Morgan fingerprint density at radius 3 is 2.33 bits per heavy atom. The number of fused-ring (bicyclic) bond motifs is 1. The first-order valence-corrected chi connectivity index (χ1v) is 7.61. The molecule has 2 heterocycles. The highest BCUT2D eigenvalue weighted by atomic mass is 15.4. The van der Waals surface area contributed by atoms with Gasteiger partial charge < -0.3 is 0 Å². The van der Waals surface area contributed by atoms with Gasteiger partial charge in [-0.05, 0) is 60.4 Å². The van der Waals surface area contributed by atoms with Crippen molar-refractivity contribution in [2.75, 3.05) is 26.4 Å². The molecule has 0 aromatic heterocycles. The Morgan fingerprint density at radius 1 is 1.00 bits per heavy atom. The number of hydrogen-bond donors (Lipinski definition) is 0. The van der Waals surface area contributed by atoms with Gasteiger partial charge in [-0.2, -0.15) is 0 Å². The van der Waals surface area contributed by atoms with Crippen LogP contribution in [0.3, 0.4) is 0 Å². The molecule has 1 unspecified atom stereocenters. The van der Waals surface area contributed by atoms with Crippen molar-refractivity contribution in [2.24, 2.45) is 0 Å². The Hall–Kier alpha value is -0.120. The van der Waals surface area contributed by atoms with Crippen molar-refractivity contribution < 1.29 is 0 Å². The van der Waals surface area contributed by atoms with Crippen LogP contribution in [0, 0.1) is 0 Å². The lowest BCUT2D eigenvalue weighted by molar-refractivity contribution is -0.0341. The van der Waals surface area contributed by atoms with E-state index in [9.17, 15) is 0 Å². The zero-order chi connectivity index (χ0) is 13.3. The summed E-state index contributed by atoms with van der Waals surface area (Å²) in [5.41, 5.74) is 0.305. The largest absolute Gasteiger partial charge is 0.288 e. The molecule has 0 bridgehead atoms. The minimum Gasteiger partial charge on any atom is -0.288 e. The summed E-state index contributed by atoms with van der Waals surface area (Å²) in [6.07, 6.45) is 4.11. The van der Waals surface area contributed by atoms with Gasteiger partial charge in [-0.25, -0.2) is 0 Å². The van der Waals surface area contributed by atoms with E-state index in [0.29, 0.717) is 11.6 Å². The van der Waals surface area contributed by atoms with Gasteiger partial charge in [0.2, 0.25) is 0 Å². The summed E-state index contributed by atoms with van der Waals surface area (Å²) < 4.78 is 0. The number of nitrogens with zero attached hydrogens (tertiary/aromatic N) is 3. The van der Waals surface area contributed by atoms with Crippen LogP contribution in [0.2, 0.25) is 0 Å². The maximum absolute atomic E-state index is 2.71. The van der Waals surface area contributed by atoms with Crippen LogP contribution in [-0.4, -0.2) is 58.7 Å². The van der Waals surface area contributed by atoms with Crippen LogP contribution in [0.1, 0.15) is 53.9 Å². The van der Waals surface area contributed by atoms with Crippen molar-refractivity contribution in [1.29, 1.82) is 0 Å². The zero-order valence-corrected chi connectivity index (χ0v) is 12.9. The predicted octanol–water partition coefficient (Wildman–Crippen LogP) is 2.58. The molecule has 3 nitrogen and oxygen atoms in total. The normalized spacial score (nSPS) is 29.3. The van der Waals surface area contributed by atoms with Crippen molar-refractivity contribution in [3.63, 3.8) is 0 Å². The standard InChI is InChI=1S/C15H31N3/c1-13(2)16-9-6-7-14-8-10-18(15(3,4)5)12-17(14)11-16/h13-14H,6-12H2,1-5H3. The van der Waals surface area contributed by atoms with Crippen LogP contribution >= 0.6 is 0 Å². The van der Waals surface area contributed by atoms with Gasteiger partial charge in [0.1, 0.15) is 0 Å². The molecule has 2 fully saturated rings. The monoisotopic (exact) mass is 253 g/mol. The fraction of sp³-hybridized carbons (Fsp3) is 1.00. The molecule has 0 aliphatic carbocycles. The Bertz CT molecular complexity index is 269. The van der Waals surface area contributed by atoms with E-state index < -0.39 is 0 Å². The molecule has 0 N–H and O–H groups in total. The van der Waals surface area contributed by atoms with Gasteiger partial charge in [0.25, 0.3) is 0 Å². The van der Waals surface area contributed by atoms with Gasteiger partial charge in [-0.15, -0.1) is 0 Å². The van der Waals surface area contributed by atoms with Crippen molar-refractivity contribution in [3.05, 3.63) is 0 Å². The summed E-state index contributed by atoms with van der Waals surface area (Å²) in [5.74, 6) is 0. The lowest BCUT2D eigenvalue weighted by atomic mass is 10.00. The van der Waals surface area contributed by atoms with E-state index in [-0.39, 0.29) is 0 Å². The molecule has 0 aromatic carbocycles. The molecular formula is C15H31N3. The first-order chi connectivity index (χ1) is 8.38. The van der Waals surface area contributed by atoms with Crippen molar-refractivity contribution in [3.8, 4) is 0 Å². The molecule has 0 saturated carbocycles. The van der Waals surface area contributed by atoms with Crippen LogP contribution in [-0.2, 0) is 0 Å². The van der Waals surface area contributed by atoms with Gasteiger partial charge >= 0.3 is 0 Å². The van der Waals surface area contributed by atoms with Crippen molar-refractivity contribution in [1.82, 2.24) is 14.7 Å². The molecule has 2 aliphatic rings. The average Bonchev–Trinajstić information content (AvgIpc) is 2.48. The molecule has 0 radical (unpaired) electrons. The molecular weight excluding hydrogens is 222 g/mol. The van der Waals surface area contributed by atoms with E-state index >= 15 is 0 Å². The van der Waals surface area contributed by atoms with Crippen LogP contribution in [0.5, 0.6) is 0 Å². The fourth-order valence-electron chi connectivity index (χ4n) is 3.18. The summed E-state index contributed by atoms with van der Waals surface area (Å²) in [4.78, 5) is 7.97. The van der Waals surface area contributed by atoms with Crippen LogP contribution < -0.4 is 0 Å². The van der Waals surface area contributed by atoms with Gasteiger partial charge in [-0.1, -0.05) is 0 Å². The predicted molar refractivity (Wildman–Crippen MR) is 77.5 cm³/mol. The van der Waals surface area contributed by atoms with E-state index in [4.69, 9.17) is 0 Å². The topological polar surface area (TPSA) is 9.72 Å². The van der Waals surface area contributed by atoms with Crippen molar-refractivity contribution >= 4 is 0 Å². The van der Waals surface area contributed by atoms with Crippen LogP contribution in [0.15, 0.2) is 0 Å². The fourth-order valence-corrected chi connectivity index (χ4v) is 3.18. The molecule has 0 aromatic rings. The molecule has 18 heavy (non-hydrogen) atoms. The third kappa shape index (κ3) is 3.25. The highest BCUT2D eigenvalue weighted by Crippen LogP contribution is 2.26. The minimum atomic E-state index is 0.305. The molecule has 2 rings (SSSR count). The summed E-state index contributed by atoms with van der Waals surface area (Å²) >= 11 is 0. The van der Waals surface area contributed by atoms with Gasteiger partial charge in [0.15, 0.2) is 0 Å². The van der Waals surface area contributed by atoms with Crippen LogP contribution in [0.4, 0.5) is 0 Å². The van der Waals surface area contributed by atoms with E-state index in [1.54, 1.807) is 0 Å². The van der Waals surface area contributed by atoms with E-state index in [2.05, 4.69) is 49.3 Å². The summed E-state index contributed by atoms with van der Waals surface area (Å²) in [6, 6.07) is 1.50. The summed E-state index contributed by atoms with van der Waals surface area (Å²) in [5, 5.41) is 0. The second kappa shape index (κ2) is 5.48.